The van der Waals surface area contributed by atoms with Crippen LogP contribution in [-0.4, -0.2) is 24.3 Å². The zero-order chi connectivity index (χ0) is 14.8. The number of halogens is 2. The molecule has 3 N–H and O–H groups in total. The van der Waals surface area contributed by atoms with Crippen LogP contribution >= 0.6 is 23.2 Å². The Labute approximate surface area is 124 Å². The van der Waals surface area contributed by atoms with Crippen molar-refractivity contribution in [2.45, 2.75) is 5.03 Å². The lowest BCUT2D eigenvalue weighted by atomic mass is 10.2. The van der Waals surface area contributed by atoms with Gasteiger partial charge < -0.3 is 4.98 Å². The minimum absolute atomic E-state index is 0.120. The van der Waals surface area contributed by atoms with Crippen molar-refractivity contribution in [2.24, 2.45) is 0 Å². The number of carbonyl (C=O) groups excluding carboxylic acids is 1. The molecule has 0 aliphatic rings. The summed E-state index contributed by atoms with van der Waals surface area (Å²) in [5.41, 5.74) is 2.16. The van der Waals surface area contributed by atoms with Gasteiger partial charge in [0.25, 0.3) is 15.9 Å². The van der Waals surface area contributed by atoms with Gasteiger partial charge in [-0.2, -0.15) is 0 Å². The summed E-state index contributed by atoms with van der Waals surface area (Å²) in [6.07, 6.45) is 2.30. The number of aromatic nitrogens is 2. The highest BCUT2D eigenvalue weighted by Gasteiger charge is 2.17. The van der Waals surface area contributed by atoms with Gasteiger partial charge in [-0.25, -0.2) is 13.4 Å². The quantitative estimate of drug-likeness (QED) is 0.734. The van der Waals surface area contributed by atoms with Crippen molar-refractivity contribution in [1.29, 1.82) is 0 Å². The van der Waals surface area contributed by atoms with Gasteiger partial charge in [-0.1, -0.05) is 23.2 Å². The maximum atomic E-state index is 11.8. The highest BCUT2D eigenvalue weighted by Crippen LogP contribution is 2.18. The number of amides is 1. The first-order valence-corrected chi connectivity index (χ1v) is 7.39. The molecule has 1 amide bonds. The highest BCUT2D eigenvalue weighted by molar-refractivity contribution is 7.89. The fourth-order valence-corrected chi connectivity index (χ4v) is 2.59. The summed E-state index contributed by atoms with van der Waals surface area (Å²) in [5.74, 6) is -0.697. The molecule has 1 heterocycles. The van der Waals surface area contributed by atoms with Crippen LogP contribution in [0.1, 0.15) is 10.4 Å². The van der Waals surface area contributed by atoms with Gasteiger partial charge >= 0.3 is 0 Å². The Bertz CT molecular complexity index is 711. The van der Waals surface area contributed by atoms with Gasteiger partial charge in [0.1, 0.15) is 0 Å². The number of nitrogens with zero attached hydrogens (tertiary/aromatic N) is 1. The average Bonchev–Trinajstić information content (AvgIpc) is 2.89. The molecular weight excluding hydrogens is 327 g/mol. The third-order valence-electron chi connectivity index (χ3n) is 2.19. The lowest BCUT2D eigenvalue weighted by molar-refractivity contribution is 0.0945. The molecule has 2 rings (SSSR count). The second-order valence-corrected chi connectivity index (χ2v) is 6.16. The molecule has 1 aromatic carbocycles. The zero-order valence-electron chi connectivity index (χ0n) is 9.72. The van der Waals surface area contributed by atoms with E-state index in [4.69, 9.17) is 23.2 Å². The van der Waals surface area contributed by atoms with E-state index in [1.807, 2.05) is 10.3 Å². The fourth-order valence-electron chi connectivity index (χ4n) is 1.32. The summed E-state index contributed by atoms with van der Waals surface area (Å²) >= 11 is 11.5. The molecule has 2 aromatic rings. The first kappa shape index (κ1) is 14.8. The van der Waals surface area contributed by atoms with Crippen molar-refractivity contribution in [1.82, 2.24) is 20.2 Å². The summed E-state index contributed by atoms with van der Waals surface area (Å²) in [6.45, 7) is 0. The van der Waals surface area contributed by atoms with Crippen LogP contribution in [0.3, 0.4) is 0 Å². The van der Waals surface area contributed by atoms with E-state index in [0.29, 0.717) is 0 Å². The minimum atomic E-state index is -3.91. The molecule has 0 saturated carbocycles. The number of sulfonamides is 1. The summed E-state index contributed by atoms with van der Waals surface area (Å²) in [7, 11) is -3.91. The topological polar surface area (TPSA) is 104 Å². The van der Waals surface area contributed by atoms with Crippen LogP contribution < -0.4 is 10.3 Å². The summed E-state index contributed by atoms with van der Waals surface area (Å²) in [5, 5.41) is 0.347. The average molecular weight is 335 g/mol. The summed E-state index contributed by atoms with van der Waals surface area (Å²) in [4.78, 5) is 19.7. The number of hydrazine groups is 1. The SMILES string of the molecule is O=C(NNS(=O)(=O)c1cnc[nH]1)c1cc(Cl)cc(Cl)c1. The van der Waals surface area contributed by atoms with E-state index < -0.39 is 15.9 Å². The molecule has 106 valence electrons. The van der Waals surface area contributed by atoms with Crippen LogP contribution in [-0.2, 0) is 10.0 Å². The molecular formula is C10H8Cl2N4O3S. The van der Waals surface area contributed by atoms with Gasteiger partial charge in [0.2, 0.25) is 0 Å². The van der Waals surface area contributed by atoms with Crippen molar-refractivity contribution in [3.63, 3.8) is 0 Å². The smallest absolute Gasteiger partial charge is 0.274 e. The van der Waals surface area contributed by atoms with Crippen LogP contribution in [0.4, 0.5) is 0 Å². The number of H-pyrrole nitrogens is 1. The van der Waals surface area contributed by atoms with E-state index >= 15 is 0 Å². The Kier molecular flexibility index (Phi) is 4.29. The molecule has 1 aromatic heterocycles. The molecule has 0 bridgehead atoms. The monoisotopic (exact) mass is 334 g/mol. The molecule has 7 nitrogen and oxygen atoms in total. The standard InChI is InChI=1S/C10H8Cl2N4O3S/c11-7-1-6(2-8(12)3-7)10(17)15-16-20(18,19)9-4-13-5-14-9/h1-5,16H,(H,13,14)(H,15,17). The van der Waals surface area contributed by atoms with Crippen LogP contribution in [0.25, 0.3) is 0 Å². The van der Waals surface area contributed by atoms with Gasteiger partial charge in [-0.3, -0.25) is 10.2 Å². The second-order valence-electron chi connectivity index (χ2n) is 3.63. The fraction of sp³-hybridized carbons (Fsp3) is 0. The van der Waals surface area contributed by atoms with E-state index in [0.717, 1.165) is 6.20 Å². The van der Waals surface area contributed by atoms with Gasteiger partial charge in [0.05, 0.1) is 12.5 Å². The molecule has 0 radical (unpaired) electrons. The molecule has 0 atom stereocenters. The molecule has 0 saturated heterocycles. The van der Waals surface area contributed by atoms with Crippen LogP contribution in [0, 0.1) is 0 Å². The van der Waals surface area contributed by atoms with Crippen LogP contribution in [0.5, 0.6) is 0 Å². The Morgan fingerprint density at radius 3 is 2.40 bits per heavy atom. The van der Waals surface area contributed by atoms with Crippen molar-refractivity contribution in [2.75, 3.05) is 0 Å². The molecule has 0 spiro atoms. The van der Waals surface area contributed by atoms with Gasteiger partial charge in [-0.05, 0) is 18.2 Å². The predicted octanol–water partition coefficient (Wildman–Crippen LogP) is 1.34. The van der Waals surface area contributed by atoms with E-state index in [2.05, 4.69) is 9.97 Å². The maximum absolute atomic E-state index is 11.8. The maximum Gasteiger partial charge on any atom is 0.274 e. The van der Waals surface area contributed by atoms with E-state index in [1.54, 1.807) is 0 Å². The Morgan fingerprint density at radius 1 is 1.20 bits per heavy atom. The predicted molar refractivity (Wildman–Crippen MR) is 72.8 cm³/mol. The van der Waals surface area contributed by atoms with Crippen molar-refractivity contribution < 1.29 is 13.2 Å². The Morgan fingerprint density at radius 2 is 1.85 bits per heavy atom. The van der Waals surface area contributed by atoms with Crippen LogP contribution in [0.15, 0.2) is 35.7 Å². The molecule has 10 heteroatoms. The summed E-state index contributed by atoms with van der Waals surface area (Å²) in [6, 6.07) is 4.16. The third kappa shape index (κ3) is 3.48. The largest absolute Gasteiger partial charge is 0.335 e. The zero-order valence-corrected chi connectivity index (χ0v) is 12.1. The normalized spacial score (nSPS) is 11.3. The van der Waals surface area contributed by atoms with E-state index in [1.165, 1.54) is 24.5 Å². The van der Waals surface area contributed by atoms with E-state index in [9.17, 15) is 13.2 Å². The minimum Gasteiger partial charge on any atom is -0.335 e. The number of imidazole rings is 1. The van der Waals surface area contributed by atoms with Gasteiger partial charge in [-0.15, -0.1) is 4.83 Å². The highest BCUT2D eigenvalue weighted by atomic mass is 35.5. The second kappa shape index (κ2) is 5.80. The number of aromatic amines is 1. The Balaban J connectivity index is 2.09. The number of rotatable bonds is 4. The molecule has 0 aliphatic heterocycles. The van der Waals surface area contributed by atoms with Gasteiger partial charge in [0, 0.05) is 15.6 Å². The number of carbonyl (C=O) groups is 1. The van der Waals surface area contributed by atoms with Crippen molar-refractivity contribution in [3.8, 4) is 0 Å². The number of hydrogen-bond donors (Lipinski definition) is 3. The third-order valence-corrected chi connectivity index (χ3v) is 3.80. The van der Waals surface area contributed by atoms with Gasteiger partial charge in [0.15, 0.2) is 5.03 Å². The van der Waals surface area contributed by atoms with Crippen LogP contribution in [0.2, 0.25) is 10.0 Å². The van der Waals surface area contributed by atoms with E-state index in [-0.39, 0.29) is 20.6 Å². The first-order valence-electron chi connectivity index (χ1n) is 5.15. The lowest BCUT2D eigenvalue weighted by Gasteiger charge is -2.07. The molecule has 20 heavy (non-hydrogen) atoms. The molecule has 0 aliphatic carbocycles. The number of hydrogen-bond acceptors (Lipinski definition) is 4. The summed E-state index contributed by atoms with van der Waals surface area (Å²) < 4.78 is 23.4. The first-order chi connectivity index (χ1) is 9.38. The van der Waals surface area contributed by atoms with Crippen molar-refractivity contribution in [3.05, 3.63) is 46.3 Å². The lowest BCUT2D eigenvalue weighted by Crippen LogP contribution is -2.41. The van der Waals surface area contributed by atoms with Crippen molar-refractivity contribution >= 4 is 39.1 Å². The number of benzene rings is 1. The molecule has 0 fully saturated rings. The molecule has 0 unspecified atom stereocenters. The Hall–Kier alpha value is -1.61. The number of nitrogens with one attached hydrogen (secondary N) is 3.